The van der Waals surface area contributed by atoms with Crippen LogP contribution in [0.1, 0.15) is 49.4 Å². The van der Waals surface area contributed by atoms with Crippen LogP contribution >= 0.6 is 11.8 Å². The van der Waals surface area contributed by atoms with Crippen LogP contribution in [-0.2, 0) is 17.0 Å². The number of fused-ring (bicyclic) bond motifs is 1. The number of Topliss-reactive ketones (excluding diaryl/α,β-unsaturated/α-hetero) is 1. The third-order valence-corrected chi connectivity index (χ3v) is 8.21. The van der Waals surface area contributed by atoms with E-state index in [0.29, 0.717) is 35.4 Å². The zero-order valence-corrected chi connectivity index (χ0v) is 23.4. The number of halogens is 1. The van der Waals surface area contributed by atoms with Crippen molar-refractivity contribution in [3.8, 4) is 5.75 Å². The minimum Gasteiger partial charge on any atom is -0.493 e. The molecule has 0 saturated heterocycles. The maximum atomic E-state index is 14.2. The van der Waals surface area contributed by atoms with Gasteiger partial charge in [-0.3, -0.25) is 4.79 Å². The summed E-state index contributed by atoms with van der Waals surface area (Å²) in [5, 5.41) is 8.72. The van der Waals surface area contributed by atoms with Gasteiger partial charge >= 0.3 is 0 Å². The second-order valence-electron chi connectivity index (χ2n) is 11.1. The summed E-state index contributed by atoms with van der Waals surface area (Å²) >= 11 is 1.38. The molecule has 0 saturated carbocycles. The summed E-state index contributed by atoms with van der Waals surface area (Å²) in [7, 11) is 0. The number of anilines is 1. The molecule has 2 heterocycles. The molecule has 1 aliphatic carbocycles. The van der Waals surface area contributed by atoms with Gasteiger partial charge in [0.2, 0.25) is 11.1 Å². The number of allylic oxidation sites excluding steroid dienone is 2. The SMILES string of the molecule is CC1(C)CC(=O)C2=C(C1)Nc1nc(SCc3ccccc3F)nn1C2c1ccc(OCCc2ccccc2)cc1. The highest BCUT2D eigenvalue weighted by atomic mass is 32.2. The first-order valence-corrected chi connectivity index (χ1v) is 14.5. The van der Waals surface area contributed by atoms with Crippen molar-refractivity contribution in [1.82, 2.24) is 14.8 Å². The molecule has 0 radical (unpaired) electrons. The molecule has 4 aromatic rings. The molecular formula is C32H31FN4O2S. The first-order chi connectivity index (χ1) is 19.4. The van der Waals surface area contributed by atoms with Gasteiger partial charge in [0.05, 0.1) is 6.61 Å². The molecule has 0 fully saturated rings. The average molecular weight is 555 g/mol. The molecule has 1 unspecified atom stereocenters. The van der Waals surface area contributed by atoms with E-state index >= 15 is 0 Å². The van der Waals surface area contributed by atoms with E-state index in [9.17, 15) is 9.18 Å². The fourth-order valence-corrected chi connectivity index (χ4v) is 6.21. The number of carbonyl (C=O) groups excluding carboxylic acids is 1. The number of hydrogen-bond donors (Lipinski definition) is 1. The van der Waals surface area contributed by atoms with Gasteiger partial charge in [-0.05, 0) is 46.7 Å². The Morgan fingerprint density at radius 1 is 1.02 bits per heavy atom. The molecule has 6 nitrogen and oxygen atoms in total. The van der Waals surface area contributed by atoms with Crippen molar-refractivity contribution in [3.63, 3.8) is 0 Å². The van der Waals surface area contributed by atoms with Crippen molar-refractivity contribution in [2.24, 2.45) is 5.41 Å². The minimum absolute atomic E-state index is 0.119. The van der Waals surface area contributed by atoms with Gasteiger partial charge in [0.25, 0.3) is 0 Å². The second-order valence-corrected chi connectivity index (χ2v) is 12.0. The van der Waals surface area contributed by atoms with Gasteiger partial charge in [0.15, 0.2) is 5.78 Å². The zero-order valence-electron chi connectivity index (χ0n) is 22.6. The molecule has 1 N–H and O–H groups in total. The zero-order chi connectivity index (χ0) is 27.7. The fraction of sp³-hybridized carbons (Fsp3) is 0.281. The molecule has 1 atom stereocenters. The van der Waals surface area contributed by atoms with E-state index in [4.69, 9.17) is 14.8 Å². The van der Waals surface area contributed by atoms with E-state index in [1.807, 2.05) is 48.5 Å². The van der Waals surface area contributed by atoms with Crippen molar-refractivity contribution in [3.05, 3.63) is 113 Å². The Morgan fingerprint density at radius 3 is 2.55 bits per heavy atom. The molecule has 0 bridgehead atoms. The van der Waals surface area contributed by atoms with E-state index in [0.717, 1.165) is 35.4 Å². The maximum Gasteiger partial charge on any atom is 0.227 e. The summed E-state index contributed by atoms with van der Waals surface area (Å²) in [4.78, 5) is 18.2. The molecule has 40 heavy (non-hydrogen) atoms. The topological polar surface area (TPSA) is 69.0 Å². The van der Waals surface area contributed by atoms with E-state index < -0.39 is 6.04 Å². The third kappa shape index (κ3) is 5.54. The minimum atomic E-state index is -0.400. The lowest BCUT2D eigenvalue weighted by Crippen LogP contribution is -2.36. The Balaban J connectivity index is 1.26. The smallest absolute Gasteiger partial charge is 0.227 e. The lowest BCUT2D eigenvalue weighted by atomic mass is 9.73. The van der Waals surface area contributed by atoms with Crippen LogP contribution in [0.3, 0.4) is 0 Å². The maximum absolute atomic E-state index is 14.2. The van der Waals surface area contributed by atoms with E-state index in [2.05, 4.69) is 31.3 Å². The Labute approximate surface area is 237 Å². The number of rotatable bonds is 8. The van der Waals surface area contributed by atoms with Gasteiger partial charge in [-0.2, -0.15) is 4.98 Å². The molecule has 0 spiro atoms. The summed E-state index contributed by atoms with van der Waals surface area (Å²) < 4.78 is 22.0. The lowest BCUT2D eigenvalue weighted by Gasteiger charge is -2.38. The summed E-state index contributed by atoms with van der Waals surface area (Å²) in [5.74, 6) is 1.65. The second kappa shape index (κ2) is 10.9. The summed E-state index contributed by atoms with van der Waals surface area (Å²) in [6, 6.07) is 24.5. The van der Waals surface area contributed by atoms with Crippen molar-refractivity contribution in [1.29, 1.82) is 0 Å². The van der Waals surface area contributed by atoms with E-state index in [1.165, 1.54) is 23.4 Å². The molecule has 0 amide bonds. The van der Waals surface area contributed by atoms with Gasteiger partial charge in [0, 0.05) is 29.9 Å². The molecule has 6 rings (SSSR count). The number of hydrogen-bond acceptors (Lipinski definition) is 6. The van der Waals surface area contributed by atoms with Crippen LogP contribution in [0.4, 0.5) is 10.3 Å². The third-order valence-electron chi connectivity index (χ3n) is 7.33. The number of nitrogens with one attached hydrogen (secondary N) is 1. The van der Waals surface area contributed by atoms with E-state index in [1.54, 1.807) is 16.8 Å². The van der Waals surface area contributed by atoms with Crippen LogP contribution in [-0.4, -0.2) is 27.2 Å². The standard InChI is InChI=1S/C32H31FN4O2S/c1-32(2)18-26-28(27(38)19-32)29(22-12-14-24(15-13-22)39-17-16-21-8-4-3-5-9-21)37-30(34-26)35-31(36-37)40-20-23-10-6-7-11-25(23)33/h3-15,29H,16-20H2,1-2H3,(H,34,35,36). The number of aromatic nitrogens is 3. The quantitative estimate of drug-likeness (QED) is 0.237. The number of carbonyl (C=O) groups is 1. The number of nitrogens with zero attached hydrogens (tertiary/aromatic N) is 3. The molecule has 204 valence electrons. The Morgan fingerprint density at radius 2 is 1.77 bits per heavy atom. The first-order valence-electron chi connectivity index (χ1n) is 13.5. The Hall–Kier alpha value is -3.91. The van der Waals surface area contributed by atoms with E-state index in [-0.39, 0.29) is 17.0 Å². The summed E-state index contributed by atoms with van der Waals surface area (Å²) in [5.41, 5.74) is 4.26. The average Bonchev–Trinajstić information content (AvgIpc) is 3.34. The van der Waals surface area contributed by atoms with Crippen molar-refractivity contribution in [2.75, 3.05) is 11.9 Å². The monoisotopic (exact) mass is 554 g/mol. The molecular weight excluding hydrogens is 523 g/mol. The normalized spacial score (nSPS) is 17.7. The molecule has 1 aromatic heterocycles. The van der Waals surface area contributed by atoms with Gasteiger partial charge in [-0.15, -0.1) is 5.10 Å². The van der Waals surface area contributed by atoms with Crippen molar-refractivity contribution in [2.45, 2.75) is 50.1 Å². The van der Waals surface area contributed by atoms with Gasteiger partial charge in [-0.25, -0.2) is 9.07 Å². The predicted molar refractivity (Wildman–Crippen MR) is 155 cm³/mol. The molecule has 2 aliphatic rings. The first kappa shape index (κ1) is 26.3. The van der Waals surface area contributed by atoms with Crippen LogP contribution in [0.2, 0.25) is 0 Å². The molecule has 1 aliphatic heterocycles. The van der Waals surface area contributed by atoms with Gasteiger partial charge in [-0.1, -0.05) is 86.3 Å². The highest BCUT2D eigenvalue weighted by Crippen LogP contribution is 2.46. The summed E-state index contributed by atoms with van der Waals surface area (Å²) in [6.07, 6.45) is 2.05. The van der Waals surface area contributed by atoms with Crippen molar-refractivity contribution >= 4 is 23.5 Å². The predicted octanol–water partition coefficient (Wildman–Crippen LogP) is 6.99. The molecule has 3 aromatic carbocycles. The summed E-state index contributed by atoms with van der Waals surface area (Å²) in [6.45, 7) is 4.80. The van der Waals surface area contributed by atoms with Crippen LogP contribution in [0.25, 0.3) is 0 Å². The van der Waals surface area contributed by atoms with Crippen LogP contribution in [0, 0.1) is 11.2 Å². The number of benzene rings is 3. The van der Waals surface area contributed by atoms with Crippen LogP contribution in [0.15, 0.2) is 95.3 Å². The highest BCUT2D eigenvalue weighted by Gasteiger charge is 2.41. The number of ether oxygens (including phenoxy) is 1. The van der Waals surface area contributed by atoms with Crippen molar-refractivity contribution < 1.29 is 13.9 Å². The highest BCUT2D eigenvalue weighted by molar-refractivity contribution is 7.98. The Kier molecular flexibility index (Phi) is 7.19. The lowest BCUT2D eigenvalue weighted by molar-refractivity contribution is -0.118. The van der Waals surface area contributed by atoms with Gasteiger partial charge < -0.3 is 10.1 Å². The van der Waals surface area contributed by atoms with Crippen LogP contribution < -0.4 is 10.1 Å². The van der Waals surface area contributed by atoms with Crippen LogP contribution in [0.5, 0.6) is 5.75 Å². The fourth-order valence-electron chi connectivity index (χ4n) is 5.39. The Bertz CT molecular complexity index is 1560. The largest absolute Gasteiger partial charge is 0.493 e. The number of thioether (sulfide) groups is 1. The number of ketones is 1. The molecule has 8 heteroatoms. The van der Waals surface area contributed by atoms with Gasteiger partial charge in [0.1, 0.15) is 17.6 Å².